The first-order valence-electron chi connectivity index (χ1n) is 8.85. The Bertz CT molecular complexity index is 547. The maximum absolute atomic E-state index is 12.0. The molecule has 0 atom stereocenters. The Hall–Kier alpha value is -2.05. The van der Waals surface area contributed by atoms with E-state index >= 15 is 0 Å². The zero-order valence-corrected chi connectivity index (χ0v) is 15.0. The molecule has 1 amide bonds. The van der Waals surface area contributed by atoms with Gasteiger partial charge in [0.2, 0.25) is 5.91 Å². The smallest absolute Gasteiger partial charge is 0.224 e. The highest BCUT2D eigenvalue weighted by Crippen LogP contribution is 2.14. The maximum atomic E-state index is 12.0. The number of carbonyl (C=O) groups excluding carboxylic acids is 1. The average molecular weight is 335 g/mol. The Kier molecular flexibility index (Phi) is 7.08. The van der Waals surface area contributed by atoms with Crippen molar-refractivity contribution in [2.45, 2.75) is 52.5 Å². The Balaban J connectivity index is 1.80. The van der Waals surface area contributed by atoms with Crippen LogP contribution in [0.1, 0.15) is 57.4 Å². The number of hydrogen-bond acceptors (Lipinski definition) is 4. The van der Waals surface area contributed by atoms with Crippen molar-refractivity contribution >= 4 is 11.9 Å². The molecular weight excluding hydrogens is 306 g/mol. The second-order valence-corrected chi connectivity index (χ2v) is 6.33. The highest BCUT2D eigenvalue weighted by atomic mass is 16.5. The highest BCUT2D eigenvalue weighted by molar-refractivity contribution is 5.81. The number of guanidine groups is 1. The van der Waals surface area contributed by atoms with E-state index in [-0.39, 0.29) is 5.91 Å². The topological polar surface area (TPSA) is 82.8 Å². The standard InChI is InChI=1S/C17H29N5O2/c1-4-18-17(19-8-7-16(23)22-9-5-6-10-22)20-12-14-11-15(13(2)3)21-24-14/h11,13H,4-10,12H2,1-3H3,(H2,18,19,20). The summed E-state index contributed by atoms with van der Waals surface area (Å²) in [5, 5.41) is 10.4. The molecule has 0 aromatic carbocycles. The van der Waals surface area contributed by atoms with Crippen LogP contribution in [0.5, 0.6) is 0 Å². The third-order valence-electron chi connectivity index (χ3n) is 4.00. The number of nitrogens with zero attached hydrogens (tertiary/aromatic N) is 3. The summed E-state index contributed by atoms with van der Waals surface area (Å²) >= 11 is 0. The van der Waals surface area contributed by atoms with Gasteiger partial charge in [0.05, 0.1) is 5.69 Å². The second-order valence-electron chi connectivity index (χ2n) is 6.33. The molecule has 2 N–H and O–H groups in total. The van der Waals surface area contributed by atoms with Crippen molar-refractivity contribution in [2.24, 2.45) is 4.99 Å². The summed E-state index contributed by atoms with van der Waals surface area (Å²) in [5.74, 6) is 1.99. The fraction of sp³-hybridized carbons (Fsp3) is 0.706. The summed E-state index contributed by atoms with van der Waals surface area (Å²) in [4.78, 5) is 18.5. The molecular formula is C17H29N5O2. The number of rotatable bonds is 7. The summed E-state index contributed by atoms with van der Waals surface area (Å²) in [6.45, 7) is 9.73. The van der Waals surface area contributed by atoms with Crippen LogP contribution in [0.4, 0.5) is 0 Å². The Morgan fingerprint density at radius 3 is 2.75 bits per heavy atom. The molecule has 2 rings (SSSR count). The lowest BCUT2D eigenvalue weighted by atomic mass is 10.1. The van der Waals surface area contributed by atoms with Gasteiger partial charge in [-0.3, -0.25) is 4.79 Å². The van der Waals surface area contributed by atoms with Crippen molar-refractivity contribution in [3.8, 4) is 0 Å². The third-order valence-corrected chi connectivity index (χ3v) is 4.00. The fourth-order valence-electron chi connectivity index (χ4n) is 2.59. The molecule has 134 valence electrons. The maximum Gasteiger partial charge on any atom is 0.224 e. The molecule has 24 heavy (non-hydrogen) atoms. The minimum Gasteiger partial charge on any atom is -0.359 e. The van der Waals surface area contributed by atoms with E-state index in [2.05, 4.69) is 34.6 Å². The highest BCUT2D eigenvalue weighted by Gasteiger charge is 2.17. The number of aliphatic imine (C=N–C) groups is 1. The van der Waals surface area contributed by atoms with Crippen LogP contribution in [0.3, 0.4) is 0 Å². The van der Waals surface area contributed by atoms with Gasteiger partial charge in [0.15, 0.2) is 11.7 Å². The lowest BCUT2D eigenvalue weighted by Gasteiger charge is -2.16. The molecule has 7 heteroatoms. The molecule has 1 fully saturated rings. The number of amides is 1. The van der Waals surface area contributed by atoms with E-state index in [1.54, 1.807) is 0 Å². The zero-order chi connectivity index (χ0) is 17.4. The first-order valence-corrected chi connectivity index (χ1v) is 8.85. The molecule has 0 unspecified atom stereocenters. The van der Waals surface area contributed by atoms with Crippen molar-refractivity contribution in [1.29, 1.82) is 0 Å². The molecule has 1 aromatic heterocycles. The largest absolute Gasteiger partial charge is 0.359 e. The number of nitrogens with one attached hydrogen (secondary N) is 2. The summed E-state index contributed by atoms with van der Waals surface area (Å²) in [7, 11) is 0. The quantitative estimate of drug-likeness (QED) is 0.587. The summed E-state index contributed by atoms with van der Waals surface area (Å²) in [5.41, 5.74) is 0.939. The van der Waals surface area contributed by atoms with E-state index in [1.165, 1.54) is 0 Å². The van der Waals surface area contributed by atoms with Crippen LogP contribution < -0.4 is 10.6 Å². The van der Waals surface area contributed by atoms with E-state index in [0.717, 1.165) is 43.9 Å². The molecule has 1 aliphatic rings. The lowest BCUT2D eigenvalue weighted by Crippen LogP contribution is -2.39. The van der Waals surface area contributed by atoms with E-state index in [0.29, 0.717) is 31.4 Å². The van der Waals surface area contributed by atoms with Gasteiger partial charge >= 0.3 is 0 Å². The summed E-state index contributed by atoms with van der Waals surface area (Å²) in [6.07, 6.45) is 2.74. The van der Waals surface area contributed by atoms with E-state index in [1.807, 2.05) is 17.9 Å². The number of aromatic nitrogens is 1. The van der Waals surface area contributed by atoms with Crippen LogP contribution in [0.2, 0.25) is 0 Å². The normalized spacial score (nSPS) is 15.2. The van der Waals surface area contributed by atoms with Crippen LogP contribution in [-0.4, -0.2) is 48.1 Å². The van der Waals surface area contributed by atoms with Gasteiger partial charge in [-0.1, -0.05) is 19.0 Å². The monoisotopic (exact) mass is 335 g/mol. The minimum atomic E-state index is 0.215. The Morgan fingerprint density at radius 1 is 1.38 bits per heavy atom. The number of likely N-dealkylation sites (tertiary alicyclic amines) is 1. The van der Waals surface area contributed by atoms with Gasteiger partial charge in [-0.15, -0.1) is 0 Å². The molecule has 1 aliphatic heterocycles. The first-order chi connectivity index (χ1) is 11.6. The van der Waals surface area contributed by atoms with Crippen LogP contribution in [0.15, 0.2) is 15.6 Å². The van der Waals surface area contributed by atoms with Crippen molar-refractivity contribution in [1.82, 2.24) is 20.7 Å². The summed E-state index contributed by atoms with van der Waals surface area (Å²) < 4.78 is 5.29. The predicted molar refractivity (Wildman–Crippen MR) is 93.8 cm³/mol. The van der Waals surface area contributed by atoms with E-state index in [9.17, 15) is 4.79 Å². The van der Waals surface area contributed by atoms with Crippen molar-refractivity contribution in [3.05, 3.63) is 17.5 Å². The first kappa shape index (κ1) is 18.3. The average Bonchev–Trinajstić information content (AvgIpc) is 3.24. The molecule has 1 saturated heterocycles. The van der Waals surface area contributed by atoms with Gasteiger partial charge in [0, 0.05) is 38.7 Å². The zero-order valence-electron chi connectivity index (χ0n) is 15.0. The Morgan fingerprint density at radius 2 is 2.12 bits per heavy atom. The molecule has 0 aliphatic carbocycles. The molecule has 1 aromatic rings. The SMILES string of the molecule is CCNC(=NCc1cc(C(C)C)no1)NCCC(=O)N1CCCC1. The molecule has 0 spiro atoms. The molecule has 0 radical (unpaired) electrons. The molecule has 7 nitrogen and oxygen atoms in total. The van der Waals surface area contributed by atoms with Gasteiger partial charge in [-0.2, -0.15) is 0 Å². The molecule has 0 bridgehead atoms. The van der Waals surface area contributed by atoms with Gasteiger partial charge in [-0.05, 0) is 25.7 Å². The third kappa shape index (κ3) is 5.54. The minimum absolute atomic E-state index is 0.215. The van der Waals surface area contributed by atoms with Crippen molar-refractivity contribution in [2.75, 3.05) is 26.2 Å². The fourth-order valence-corrected chi connectivity index (χ4v) is 2.59. The van der Waals surface area contributed by atoms with Gasteiger partial charge in [0.25, 0.3) is 0 Å². The van der Waals surface area contributed by atoms with Crippen molar-refractivity contribution < 1.29 is 9.32 Å². The molecule has 2 heterocycles. The number of hydrogen-bond donors (Lipinski definition) is 2. The number of carbonyl (C=O) groups is 1. The molecule has 0 saturated carbocycles. The van der Waals surface area contributed by atoms with E-state index < -0.39 is 0 Å². The van der Waals surface area contributed by atoms with Gasteiger partial charge in [0.1, 0.15) is 6.54 Å². The van der Waals surface area contributed by atoms with Gasteiger partial charge < -0.3 is 20.1 Å². The predicted octanol–water partition coefficient (Wildman–Crippen LogP) is 1.87. The second kappa shape index (κ2) is 9.30. The van der Waals surface area contributed by atoms with Crippen LogP contribution in [-0.2, 0) is 11.3 Å². The van der Waals surface area contributed by atoms with Gasteiger partial charge in [-0.25, -0.2) is 4.99 Å². The van der Waals surface area contributed by atoms with Crippen molar-refractivity contribution in [3.63, 3.8) is 0 Å². The Labute approximate surface area is 143 Å². The van der Waals surface area contributed by atoms with Crippen LogP contribution in [0, 0.1) is 0 Å². The lowest BCUT2D eigenvalue weighted by molar-refractivity contribution is -0.129. The van der Waals surface area contributed by atoms with Crippen LogP contribution in [0.25, 0.3) is 0 Å². The summed E-state index contributed by atoms with van der Waals surface area (Å²) in [6, 6.07) is 1.94. The van der Waals surface area contributed by atoms with E-state index in [4.69, 9.17) is 4.52 Å². The van der Waals surface area contributed by atoms with Crippen LogP contribution >= 0.6 is 0 Å².